The summed E-state index contributed by atoms with van der Waals surface area (Å²) in [5.41, 5.74) is 11.4. The first-order chi connectivity index (χ1) is 63.3. The Morgan fingerprint density at radius 3 is 1.14 bits per heavy atom. The molecule has 0 aliphatic rings. The van der Waals surface area contributed by atoms with Crippen molar-refractivity contribution in [2.75, 3.05) is 40.6 Å². The van der Waals surface area contributed by atoms with Crippen molar-refractivity contribution in [1.82, 2.24) is 75.2 Å². The lowest BCUT2D eigenvalue weighted by molar-refractivity contribution is -0.136. The summed E-state index contributed by atoms with van der Waals surface area (Å²) in [6, 6.07) is 8.96. The number of aldehydes is 1. The number of carboxylic acid groups (broad SMARTS) is 2. The maximum Gasteiger partial charge on any atom is 0.414 e. The van der Waals surface area contributed by atoms with E-state index in [-0.39, 0.29) is 168 Å². The highest BCUT2D eigenvalue weighted by molar-refractivity contribution is 7.86. The Balaban J connectivity index is -0.000000238. The lowest BCUT2D eigenvalue weighted by Crippen LogP contribution is -2.36. The maximum absolute atomic E-state index is 13.6. The number of nitrogens with one attached hydrogen (secondary N) is 4. The van der Waals surface area contributed by atoms with Gasteiger partial charge in [-0.25, -0.2) is 94.0 Å². The molecular formula is C89H126Cl10F8N18O17S2. The highest BCUT2D eigenvalue weighted by atomic mass is 35.5. The number of hydrogen-bond donors (Lipinski definition) is 9. The number of carbonyl (C=O) groups is 8. The molecule has 144 heavy (non-hydrogen) atoms. The number of imide groups is 1. The molecule has 0 fully saturated rings. The summed E-state index contributed by atoms with van der Waals surface area (Å²) < 4.78 is 144. The number of carbonyl (C=O) groups excluding carboxylic acids is 6. The second-order valence-corrected chi connectivity index (χ2v) is 38.9. The molecule has 0 aliphatic heterocycles. The fourth-order valence-electron chi connectivity index (χ4n) is 8.30. The zero-order valence-electron chi connectivity index (χ0n) is 78.0. The number of hydrogen-bond acceptors (Lipinski definition) is 26. The minimum atomic E-state index is -1.40. The average molecular weight is 2290 g/mol. The summed E-state index contributed by atoms with van der Waals surface area (Å²) in [7, 11) is 3.76. The Labute approximate surface area is 890 Å². The van der Waals surface area contributed by atoms with Crippen LogP contribution in [0.2, 0.25) is 40.2 Å². The Kier molecular flexibility index (Phi) is 76.2. The summed E-state index contributed by atoms with van der Waals surface area (Å²) in [5.74, 6) is -6.96. The Bertz CT molecular complexity index is 5700. The number of nitrogens with zero attached hydrogens (tertiary/aromatic N) is 11. The van der Waals surface area contributed by atoms with E-state index in [1.165, 1.54) is 86.2 Å². The van der Waals surface area contributed by atoms with Crippen molar-refractivity contribution in [3.63, 3.8) is 0 Å². The third-order valence-electron chi connectivity index (χ3n) is 14.6. The number of nitrogens with two attached hydrogens (primary N) is 3. The van der Waals surface area contributed by atoms with Gasteiger partial charge in [0.15, 0.2) is 35.1 Å². The van der Waals surface area contributed by atoms with E-state index in [0.29, 0.717) is 51.9 Å². The van der Waals surface area contributed by atoms with E-state index >= 15 is 0 Å². The molecule has 812 valence electrons. The van der Waals surface area contributed by atoms with Gasteiger partial charge in [0.05, 0.1) is 113 Å². The van der Waals surface area contributed by atoms with Gasteiger partial charge in [0.25, 0.3) is 5.91 Å². The van der Waals surface area contributed by atoms with Gasteiger partial charge in [0.1, 0.15) is 80.8 Å². The summed E-state index contributed by atoms with van der Waals surface area (Å²) in [6.07, 6.45) is 12.1. The molecule has 0 saturated heterocycles. The van der Waals surface area contributed by atoms with Crippen LogP contribution in [-0.4, -0.2) is 188 Å². The number of aryl methyl sites for hydroxylation is 2. The molecule has 10 aromatic heterocycles. The largest absolute Gasteiger partial charge is 0.480 e. The summed E-state index contributed by atoms with van der Waals surface area (Å²) in [6.45, 7) is 26.7. The van der Waals surface area contributed by atoms with Gasteiger partial charge in [-0.05, 0) is 152 Å². The fraction of sp³-hybridized carbons (Fsp3) is 0.416. The van der Waals surface area contributed by atoms with Crippen LogP contribution in [0.5, 0.6) is 0 Å². The van der Waals surface area contributed by atoms with Crippen molar-refractivity contribution >= 4 is 199 Å². The van der Waals surface area contributed by atoms with Gasteiger partial charge in [-0.15, -0.1) is 24.8 Å². The summed E-state index contributed by atoms with van der Waals surface area (Å²) in [4.78, 5) is 125. The number of fused-ring (bicyclic) bond motifs is 2. The number of amides is 5. The van der Waals surface area contributed by atoms with Gasteiger partial charge in [0.2, 0.25) is 5.91 Å². The van der Waals surface area contributed by atoms with E-state index in [9.17, 15) is 81.9 Å². The topological polar surface area (TPSA) is 499 Å². The number of carboxylic acids is 2. The molecule has 0 saturated carbocycles. The van der Waals surface area contributed by atoms with Gasteiger partial charge in [-0.2, -0.15) is 0 Å². The second kappa shape index (κ2) is 73.3. The van der Waals surface area contributed by atoms with Crippen LogP contribution in [0.4, 0.5) is 49.5 Å². The van der Waals surface area contributed by atoms with Gasteiger partial charge in [-0.3, -0.25) is 62.4 Å². The van der Waals surface area contributed by atoms with E-state index in [1.54, 1.807) is 93.3 Å². The maximum atomic E-state index is 13.6. The Morgan fingerprint density at radius 2 is 0.806 bits per heavy atom. The normalized spacial score (nSPS) is 10.6. The molecule has 55 heteroatoms. The minimum absolute atomic E-state index is 0. The van der Waals surface area contributed by atoms with Crippen LogP contribution >= 0.6 is 118 Å². The van der Waals surface area contributed by atoms with E-state index in [1.807, 2.05) is 41.5 Å². The van der Waals surface area contributed by atoms with E-state index in [2.05, 4.69) is 71.0 Å². The highest BCUT2D eigenvalue weighted by Gasteiger charge is 2.25. The smallest absolute Gasteiger partial charge is 0.414 e. The zero-order valence-corrected chi connectivity index (χ0v) is 87.3. The second-order valence-electron chi connectivity index (χ2n) is 31.3. The average Bonchev–Trinajstić information content (AvgIpc) is 1.66. The molecule has 0 aliphatic carbocycles. The zero-order chi connectivity index (χ0) is 106. The van der Waals surface area contributed by atoms with Crippen molar-refractivity contribution in [2.45, 2.75) is 206 Å². The molecule has 10 rings (SSSR count). The molecule has 0 bridgehead atoms. The number of ether oxygens (including phenoxy) is 3. The quantitative estimate of drug-likeness (QED) is 0.0177. The number of aromatic nitrogens is 10. The van der Waals surface area contributed by atoms with Crippen molar-refractivity contribution in [3.05, 3.63) is 243 Å². The monoisotopic (exact) mass is 2280 g/mol. The molecule has 10 heterocycles. The van der Waals surface area contributed by atoms with Crippen LogP contribution in [0.1, 0.15) is 208 Å². The first kappa shape index (κ1) is 150. The first-order valence-electron chi connectivity index (χ1n) is 39.1. The number of hydroxylamine groups is 3. The fourth-order valence-corrected chi connectivity index (χ4v) is 10.5. The molecule has 10 aromatic rings. The molecule has 0 radical (unpaired) electrons. The predicted octanol–water partition coefficient (Wildman–Crippen LogP) is 21.5. The number of aliphatic carboxylic acids is 1. The van der Waals surface area contributed by atoms with Crippen molar-refractivity contribution in [1.29, 1.82) is 0 Å². The van der Waals surface area contributed by atoms with Crippen LogP contribution in [0, 0.1) is 46.5 Å². The highest BCUT2D eigenvalue weighted by Crippen LogP contribution is 2.23. The van der Waals surface area contributed by atoms with E-state index < -0.39 is 134 Å². The van der Waals surface area contributed by atoms with Crippen molar-refractivity contribution in [2.24, 2.45) is 16.6 Å². The van der Waals surface area contributed by atoms with Crippen LogP contribution in [0.15, 0.2) is 110 Å². The number of halogens is 18. The van der Waals surface area contributed by atoms with E-state index in [4.69, 9.17) is 134 Å². The molecule has 0 spiro atoms. The number of imidazole rings is 2. The number of rotatable bonds is 17. The summed E-state index contributed by atoms with van der Waals surface area (Å²) in [5, 5.41) is 30.9. The lowest BCUT2D eigenvalue weighted by atomic mass is 10.2. The number of aromatic carboxylic acids is 1. The Hall–Kier alpha value is -9.76. The van der Waals surface area contributed by atoms with E-state index in [0.717, 1.165) is 35.5 Å². The minimum Gasteiger partial charge on any atom is -0.480 e. The molecule has 2 unspecified atom stereocenters. The van der Waals surface area contributed by atoms with Crippen LogP contribution in [0.3, 0.4) is 0 Å². The van der Waals surface area contributed by atoms with Gasteiger partial charge < -0.3 is 51.4 Å². The third kappa shape index (κ3) is 62.9. The van der Waals surface area contributed by atoms with Crippen molar-refractivity contribution in [3.8, 4) is 0 Å². The first-order valence-corrected chi connectivity index (χ1v) is 44.6. The molecule has 35 nitrogen and oxygen atoms in total. The van der Waals surface area contributed by atoms with Gasteiger partial charge in [-0.1, -0.05) is 130 Å². The summed E-state index contributed by atoms with van der Waals surface area (Å²) >= 11 is 44.2. The van der Waals surface area contributed by atoms with Crippen LogP contribution in [-0.2, 0) is 87.7 Å². The van der Waals surface area contributed by atoms with Crippen LogP contribution in [0.25, 0.3) is 11.0 Å². The standard InChI is InChI=1S/C13H15ClFN3O2.C13H16ClFN2O3.C11H15ClFNOS.C8H7ClFN3.C8H8ClFN2O2.C7H13NO4.C6H6ClFN2.C6H3ClFNO2.C6H3ClFNO.C4H11NOS.C2H7NO.5CH4.2ClH/c1-13(2,3)20-12(19)17-6-11-16-5-10-9(15)4-8(14)7-18(10)11;1-13(2,3)20-12(19)17-11(18)5-4-10-9(15)6-8(14)7-16-10;1-11(2,3)16(15)5-4-10-9(13)6-8(12)7-14-10;9-5-1-6(10)7-3-12-8(2-11)13(7)4-5;1-12(14-2)8(13)7-6(10)3-5(9)4-11-7;1-7(2,3)12-6(11)8-4-5(9)10;7-4-1-5(8)6(2-9)10-3-4;7-3-1-4(8)5(6(10)11)9-2-3;7-4-1-5(8)6(3-10)9-2-4;1-4(2,3)7(5)6;1-3-4-2;;;;;;;/h4-5,7H,6H2,1-3H3,(H,17,19);6-7H,4-5H2,1-3H3,(H,17,18,19);6-7H,4-5H2,1-3H3;1,3-4H,2,11H2;3-4H,1-2H3;4H2,1-3H3,(H,8,11)(H,9,10);1,3H,2,9H2;1-2H,(H,10,11);1-3H;5H2,1-3H3;3H,1-2H3;5*1H4;2*1H. The molecule has 12 N–H and O–H groups in total. The number of alkyl carbamates (subject to hydrolysis) is 3. The van der Waals surface area contributed by atoms with Crippen molar-refractivity contribution < 1.29 is 116 Å². The number of pyridine rings is 8. The lowest BCUT2D eigenvalue weighted by Gasteiger charge is -2.19. The molecular weight excluding hydrogens is 2160 g/mol. The predicted molar refractivity (Wildman–Crippen MR) is 553 cm³/mol. The van der Waals surface area contributed by atoms with Gasteiger partial charge in [0, 0.05) is 111 Å². The van der Waals surface area contributed by atoms with Gasteiger partial charge >= 0.3 is 30.2 Å². The molecule has 0 aromatic carbocycles. The SMILES string of the molecule is C.C.C.C.C.CC(C)(C)OC(=O)NC(=O)CCc1ncc(Cl)cc1F.CC(C)(C)OC(=O)NCC(=O)O.CC(C)(C)OC(=O)NCc1ncc2c(F)cc(Cl)cn12.CC(C)(C)S(=O)CCc1ncc(Cl)cc1F.CC(C)(C)S(N)=O.CNOC.CON(C)C(=O)c1ncc(Cl)cc1F.Cl.Cl.NCc1ncc(Cl)cc1F.NCc1ncc2c(F)cc(Cl)cn12.O=C(O)c1ncc(Cl)cc1F.O=Cc1ncc(Cl)cc1F. The molecule has 2 atom stereocenters. The third-order valence-corrected chi connectivity index (χ3v) is 19.4. The molecule has 5 amide bonds. The Morgan fingerprint density at radius 1 is 0.465 bits per heavy atom. The van der Waals surface area contributed by atoms with Crippen LogP contribution < -0.4 is 38.0 Å².